The van der Waals surface area contributed by atoms with Gasteiger partial charge >= 0.3 is 0 Å². The van der Waals surface area contributed by atoms with Crippen LogP contribution in [0.25, 0.3) is 0 Å². The first-order valence-corrected chi connectivity index (χ1v) is 4.26. The number of rotatable bonds is 2. The standard InChI is InChI=1S/C4H12N2S/c1-3-4-7(2,5)6/h2-4H2,1H3,(H3,5,6). The minimum absolute atomic E-state index is 0.757. The summed E-state index contributed by atoms with van der Waals surface area (Å²) in [5, 5.41) is 5.28. The smallest absolute Gasteiger partial charge is 0.00987 e. The molecule has 0 aromatic carbocycles. The van der Waals surface area contributed by atoms with Crippen molar-refractivity contribution < 1.29 is 0 Å². The van der Waals surface area contributed by atoms with E-state index in [2.05, 4.69) is 5.87 Å². The predicted octanol–water partition coefficient (Wildman–Crippen LogP) is 0.618. The Morgan fingerprint density at radius 2 is 2.29 bits per heavy atom. The van der Waals surface area contributed by atoms with Crippen molar-refractivity contribution in [2.24, 2.45) is 5.14 Å². The summed E-state index contributed by atoms with van der Waals surface area (Å²) in [4.78, 5) is 0. The van der Waals surface area contributed by atoms with E-state index in [9.17, 15) is 0 Å². The molecular weight excluding hydrogens is 108 g/mol. The molecule has 0 radical (unpaired) electrons. The van der Waals surface area contributed by atoms with E-state index in [0.29, 0.717) is 0 Å². The fourth-order valence-corrected chi connectivity index (χ4v) is 1.09. The number of hydrogen-bond acceptors (Lipinski definition) is 1. The van der Waals surface area contributed by atoms with Gasteiger partial charge in [0, 0.05) is 5.75 Å². The highest BCUT2D eigenvalue weighted by molar-refractivity contribution is 7.99. The molecule has 1 atom stereocenters. The molecule has 0 aliphatic carbocycles. The van der Waals surface area contributed by atoms with Crippen molar-refractivity contribution in [1.82, 2.24) is 0 Å². The molecule has 0 aromatic rings. The Bertz CT molecular complexity index is 123. The summed E-state index contributed by atoms with van der Waals surface area (Å²) in [6.07, 6.45) is 0.971. The lowest BCUT2D eigenvalue weighted by atomic mass is 10.6. The lowest BCUT2D eigenvalue weighted by molar-refractivity contribution is 1.10. The van der Waals surface area contributed by atoms with E-state index in [4.69, 9.17) is 9.92 Å². The van der Waals surface area contributed by atoms with E-state index in [-0.39, 0.29) is 0 Å². The molecule has 0 spiro atoms. The highest BCUT2D eigenvalue weighted by atomic mass is 32.2. The third-order valence-electron chi connectivity index (χ3n) is 0.568. The van der Waals surface area contributed by atoms with Crippen molar-refractivity contribution in [1.29, 1.82) is 4.78 Å². The van der Waals surface area contributed by atoms with Crippen LogP contribution in [0.4, 0.5) is 0 Å². The molecular formula is C4H12N2S. The Morgan fingerprint density at radius 3 is 2.29 bits per heavy atom. The predicted molar refractivity (Wildman–Crippen MR) is 36.6 cm³/mol. The van der Waals surface area contributed by atoms with Gasteiger partial charge in [0.25, 0.3) is 0 Å². The quantitative estimate of drug-likeness (QED) is 0.516. The molecule has 3 heteroatoms. The summed E-state index contributed by atoms with van der Waals surface area (Å²) in [6, 6.07) is 0. The minimum Gasteiger partial charge on any atom is -0.276 e. The van der Waals surface area contributed by atoms with Gasteiger partial charge in [-0.25, -0.2) is 0 Å². The van der Waals surface area contributed by atoms with Gasteiger partial charge < -0.3 is 0 Å². The summed E-state index contributed by atoms with van der Waals surface area (Å²) in [5.74, 6) is 4.24. The van der Waals surface area contributed by atoms with Crippen LogP contribution in [0.2, 0.25) is 0 Å². The van der Waals surface area contributed by atoms with Crippen molar-refractivity contribution in [3.63, 3.8) is 0 Å². The average Bonchev–Trinajstić information content (AvgIpc) is 1.30. The van der Waals surface area contributed by atoms with Crippen molar-refractivity contribution in [2.75, 3.05) is 5.75 Å². The largest absolute Gasteiger partial charge is 0.276 e. The van der Waals surface area contributed by atoms with Gasteiger partial charge in [-0.05, 0) is 6.42 Å². The van der Waals surface area contributed by atoms with Crippen LogP contribution in [0.1, 0.15) is 13.3 Å². The summed E-state index contributed by atoms with van der Waals surface area (Å²) < 4.78 is 7.08. The Kier molecular flexibility index (Phi) is 2.32. The van der Waals surface area contributed by atoms with Gasteiger partial charge in [-0.1, -0.05) is 22.4 Å². The van der Waals surface area contributed by atoms with Crippen LogP contribution >= 0.6 is 0 Å². The number of nitrogens with one attached hydrogen (secondary N) is 1. The molecule has 0 amide bonds. The Balaban J connectivity index is 3.60. The molecule has 0 aliphatic heterocycles. The second-order valence-electron chi connectivity index (χ2n) is 1.65. The van der Waals surface area contributed by atoms with Crippen LogP contribution in [0, 0.1) is 4.78 Å². The monoisotopic (exact) mass is 120 g/mol. The third kappa shape index (κ3) is 5.98. The van der Waals surface area contributed by atoms with Gasteiger partial charge in [-0.2, -0.15) is 0 Å². The topological polar surface area (TPSA) is 49.9 Å². The zero-order valence-electron chi connectivity index (χ0n) is 4.61. The normalized spacial score (nSPS) is 18.6. The van der Waals surface area contributed by atoms with E-state index in [1.165, 1.54) is 0 Å². The van der Waals surface area contributed by atoms with Gasteiger partial charge in [0.05, 0.1) is 0 Å². The Hall–Kier alpha value is -0.0200. The second kappa shape index (κ2) is 2.33. The average molecular weight is 120 g/mol. The zero-order chi connectivity index (χ0) is 5.91. The highest BCUT2D eigenvalue weighted by Crippen LogP contribution is 1.81. The molecule has 1 unspecified atom stereocenters. The fourth-order valence-electron chi connectivity index (χ4n) is 0.364. The summed E-state index contributed by atoms with van der Waals surface area (Å²) in [5.41, 5.74) is 0. The molecule has 0 rings (SSSR count). The van der Waals surface area contributed by atoms with E-state index in [1.54, 1.807) is 0 Å². The van der Waals surface area contributed by atoms with Crippen LogP contribution in [0.3, 0.4) is 0 Å². The van der Waals surface area contributed by atoms with Gasteiger partial charge in [-0.3, -0.25) is 9.92 Å². The van der Waals surface area contributed by atoms with E-state index >= 15 is 0 Å². The molecule has 0 saturated heterocycles. The van der Waals surface area contributed by atoms with Gasteiger partial charge in [-0.15, -0.1) is 0 Å². The minimum atomic E-state index is -1.67. The molecule has 7 heavy (non-hydrogen) atoms. The van der Waals surface area contributed by atoms with Gasteiger partial charge in [0.1, 0.15) is 0 Å². The lowest BCUT2D eigenvalue weighted by Crippen LogP contribution is -2.13. The maximum atomic E-state index is 7.08. The maximum absolute atomic E-state index is 7.08. The number of hydrogen-bond donors (Lipinski definition) is 2. The van der Waals surface area contributed by atoms with Crippen LogP contribution in [-0.4, -0.2) is 11.6 Å². The Labute approximate surface area is 45.3 Å². The molecule has 0 aliphatic rings. The van der Waals surface area contributed by atoms with Crippen molar-refractivity contribution in [2.45, 2.75) is 13.3 Å². The molecule has 0 saturated carbocycles. The zero-order valence-corrected chi connectivity index (χ0v) is 5.42. The first-order chi connectivity index (χ1) is 3.06. The van der Waals surface area contributed by atoms with E-state index < -0.39 is 9.60 Å². The van der Waals surface area contributed by atoms with Crippen LogP contribution in [0.5, 0.6) is 0 Å². The third-order valence-corrected chi connectivity index (χ3v) is 1.71. The molecule has 2 nitrogen and oxygen atoms in total. The van der Waals surface area contributed by atoms with Crippen LogP contribution in [0.15, 0.2) is 0 Å². The molecule has 0 bridgehead atoms. The fraction of sp³-hybridized carbons (Fsp3) is 0.750. The molecule has 0 fully saturated rings. The van der Waals surface area contributed by atoms with E-state index in [1.807, 2.05) is 6.92 Å². The lowest BCUT2D eigenvalue weighted by Gasteiger charge is -1.99. The summed E-state index contributed by atoms with van der Waals surface area (Å²) in [6.45, 7) is 2.01. The van der Waals surface area contributed by atoms with Crippen molar-refractivity contribution >= 4 is 15.5 Å². The van der Waals surface area contributed by atoms with E-state index in [0.717, 1.165) is 12.2 Å². The molecule has 44 valence electrons. The van der Waals surface area contributed by atoms with Crippen molar-refractivity contribution in [3.05, 3.63) is 0 Å². The maximum Gasteiger partial charge on any atom is 0.00987 e. The first kappa shape index (κ1) is 6.98. The summed E-state index contributed by atoms with van der Waals surface area (Å²) >= 11 is 0. The van der Waals surface area contributed by atoms with Gasteiger partial charge in [0.15, 0.2) is 0 Å². The molecule has 0 aromatic heterocycles. The highest BCUT2D eigenvalue weighted by Gasteiger charge is 1.83. The Morgan fingerprint density at radius 1 is 1.86 bits per heavy atom. The molecule has 0 heterocycles. The molecule has 3 N–H and O–H groups in total. The first-order valence-electron chi connectivity index (χ1n) is 2.22. The SMILES string of the molecule is C=S(=N)(N)CCC. The summed E-state index contributed by atoms with van der Waals surface area (Å²) in [7, 11) is -1.67. The van der Waals surface area contributed by atoms with Gasteiger partial charge in [0.2, 0.25) is 0 Å². The number of nitrogens with two attached hydrogens (primary N) is 1. The van der Waals surface area contributed by atoms with Crippen LogP contribution < -0.4 is 5.14 Å². The van der Waals surface area contributed by atoms with Crippen LogP contribution in [-0.2, 0) is 9.60 Å². The van der Waals surface area contributed by atoms with Crippen molar-refractivity contribution in [3.8, 4) is 0 Å². The second-order valence-corrected chi connectivity index (χ2v) is 3.94.